The number of aryl methyl sites for hydroxylation is 1. The van der Waals surface area contributed by atoms with Crippen molar-refractivity contribution in [1.29, 1.82) is 0 Å². The lowest BCUT2D eigenvalue weighted by Crippen LogP contribution is -2.39. The predicted octanol–water partition coefficient (Wildman–Crippen LogP) is 2.88. The van der Waals surface area contributed by atoms with E-state index in [2.05, 4.69) is 12.2 Å². The molecule has 1 aliphatic heterocycles. The average Bonchev–Trinajstić information content (AvgIpc) is 3.10. The Labute approximate surface area is 169 Å². The number of hydrogen-bond acceptors (Lipinski definition) is 4. The van der Waals surface area contributed by atoms with E-state index < -0.39 is 0 Å². The van der Waals surface area contributed by atoms with Crippen molar-refractivity contribution in [2.24, 2.45) is 0 Å². The van der Waals surface area contributed by atoms with Crippen molar-refractivity contribution < 1.29 is 9.18 Å². The van der Waals surface area contributed by atoms with E-state index in [1.54, 1.807) is 12.1 Å². The van der Waals surface area contributed by atoms with E-state index in [4.69, 9.17) is 5.10 Å². The molecule has 2 heterocycles. The minimum atomic E-state index is -0.206. The molecule has 0 bridgehead atoms. The molecule has 7 heteroatoms. The van der Waals surface area contributed by atoms with E-state index in [0.717, 1.165) is 61.5 Å². The van der Waals surface area contributed by atoms with Crippen LogP contribution >= 0.6 is 11.8 Å². The number of carbonyl (C=O) groups excluding carboxylic acids is 1. The van der Waals surface area contributed by atoms with Crippen LogP contribution in [0, 0.1) is 5.82 Å². The zero-order valence-corrected chi connectivity index (χ0v) is 17.1. The third-order valence-electron chi connectivity index (χ3n) is 5.63. The second-order valence-corrected chi connectivity index (χ2v) is 8.67. The number of fused-ring (bicyclic) bond motifs is 1. The van der Waals surface area contributed by atoms with Gasteiger partial charge in [0.1, 0.15) is 5.82 Å². The van der Waals surface area contributed by atoms with Gasteiger partial charge < -0.3 is 10.2 Å². The maximum absolute atomic E-state index is 13.4. The van der Waals surface area contributed by atoms with Crippen LogP contribution in [0.2, 0.25) is 0 Å². The first-order chi connectivity index (χ1) is 13.7. The molecule has 1 aromatic heterocycles. The monoisotopic (exact) mass is 402 g/mol. The lowest BCUT2D eigenvalue weighted by atomic mass is 9.91. The molecular formula is C21H27FN4OS. The molecule has 0 radical (unpaired) electrons. The van der Waals surface area contributed by atoms with Crippen LogP contribution in [-0.2, 0) is 25.9 Å². The van der Waals surface area contributed by atoms with Crippen molar-refractivity contribution in [2.75, 3.05) is 24.6 Å². The minimum Gasteiger partial charge on any atom is -0.336 e. The van der Waals surface area contributed by atoms with Gasteiger partial charge >= 0.3 is 0 Å². The summed E-state index contributed by atoms with van der Waals surface area (Å²) in [5.74, 6) is 1.87. The summed E-state index contributed by atoms with van der Waals surface area (Å²) in [6, 6.07) is 6.98. The van der Waals surface area contributed by atoms with Crippen molar-refractivity contribution in [1.82, 2.24) is 20.0 Å². The molecule has 1 aliphatic carbocycles. The summed E-state index contributed by atoms with van der Waals surface area (Å²) in [4.78, 5) is 15.1. The van der Waals surface area contributed by atoms with Crippen LogP contribution < -0.4 is 5.32 Å². The van der Waals surface area contributed by atoms with Gasteiger partial charge in [0.15, 0.2) is 5.69 Å². The Balaban J connectivity index is 1.50. The number of nitrogens with one attached hydrogen (secondary N) is 1. The van der Waals surface area contributed by atoms with Crippen LogP contribution in [0.3, 0.4) is 0 Å². The molecule has 1 aromatic carbocycles. The largest absolute Gasteiger partial charge is 0.336 e. The van der Waals surface area contributed by atoms with E-state index in [9.17, 15) is 9.18 Å². The van der Waals surface area contributed by atoms with Gasteiger partial charge in [-0.25, -0.2) is 4.39 Å². The number of rotatable bonds is 5. The van der Waals surface area contributed by atoms with E-state index in [0.29, 0.717) is 12.2 Å². The Morgan fingerprint density at radius 2 is 2.18 bits per heavy atom. The summed E-state index contributed by atoms with van der Waals surface area (Å²) < 4.78 is 15.4. The summed E-state index contributed by atoms with van der Waals surface area (Å²) in [5.41, 5.74) is 3.90. The van der Waals surface area contributed by atoms with Crippen LogP contribution in [0.4, 0.5) is 4.39 Å². The smallest absolute Gasteiger partial charge is 0.274 e. The second-order valence-electron chi connectivity index (χ2n) is 7.44. The highest BCUT2D eigenvalue weighted by Crippen LogP contribution is 2.27. The van der Waals surface area contributed by atoms with Crippen LogP contribution in [-0.4, -0.2) is 51.2 Å². The molecule has 1 N–H and O–H groups in total. The van der Waals surface area contributed by atoms with Crippen molar-refractivity contribution >= 4 is 17.7 Å². The minimum absolute atomic E-state index is 0.0783. The highest BCUT2D eigenvalue weighted by molar-refractivity contribution is 7.99. The lowest BCUT2D eigenvalue weighted by Gasteiger charge is -2.27. The highest BCUT2D eigenvalue weighted by Gasteiger charge is 2.31. The molecule has 5 nitrogen and oxygen atoms in total. The third-order valence-corrected chi connectivity index (χ3v) is 6.57. The van der Waals surface area contributed by atoms with Gasteiger partial charge in [-0.3, -0.25) is 9.48 Å². The van der Waals surface area contributed by atoms with Gasteiger partial charge in [-0.05, 0) is 43.9 Å². The fraction of sp³-hybridized carbons (Fsp3) is 0.524. The molecule has 28 heavy (non-hydrogen) atoms. The van der Waals surface area contributed by atoms with Gasteiger partial charge in [-0.1, -0.05) is 12.1 Å². The van der Waals surface area contributed by atoms with E-state index >= 15 is 0 Å². The van der Waals surface area contributed by atoms with Gasteiger partial charge in [-0.15, -0.1) is 0 Å². The Hall–Kier alpha value is -1.86. The number of thioether (sulfide) groups is 1. The highest BCUT2D eigenvalue weighted by atomic mass is 32.2. The third kappa shape index (κ3) is 4.10. The molecular weight excluding hydrogens is 375 g/mol. The first kappa shape index (κ1) is 19.5. The number of halogens is 1. The van der Waals surface area contributed by atoms with E-state index in [-0.39, 0.29) is 17.8 Å². The molecule has 2 aliphatic rings. The molecule has 4 rings (SSSR count). The lowest BCUT2D eigenvalue weighted by molar-refractivity contribution is 0.0764. The molecule has 0 saturated carbocycles. The van der Waals surface area contributed by atoms with Gasteiger partial charge in [-0.2, -0.15) is 16.9 Å². The first-order valence-corrected chi connectivity index (χ1v) is 11.2. The zero-order chi connectivity index (χ0) is 19.5. The molecule has 1 saturated heterocycles. The first-order valence-electron chi connectivity index (χ1n) is 10.1. The Morgan fingerprint density at radius 1 is 1.36 bits per heavy atom. The summed E-state index contributed by atoms with van der Waals surface area (Å²) in [5, 5.41) is 8.24. The summed E-state index contributed by atoms with van der Waals surface area (Å²) in [7, 11) is 0. The number of aromatic nitrogens is 2. The summed E-state index contributed by atoms with van der Waals surface area (Å²) in [6.45, 7) is 5.10. The topological polar surface area (TPSA) is 50.2 Å². The van der Waals surface area contributed by atoms with Gasteiger partial charge in [0.2, 0.25) is 0 Å². The van der Waals surface area contributed by atoms with Crippen molar-refractivity contribution in [3.63, 3.8) is 0 Å². The fourth-order valence-corrected chi connectivity index (χ4v) is 5.02. The quantitative estimate of drug-likeness (QED) is 0.836. The van der Waals surface area contributed by atoms with Crippen LogP contribution in [0.15, 0.2) is 24.3 Å². The van der Waals surface area contributed by atoms with E-state index in [1.807, 2.05) is 27.4 Å². The van der Waals surface area contributed by atoms with Gasteiger partial charge in [0.05, 0.1) is 0 Å². The Bertz CT molecular complexity index is 847. The second kappa shape index (κ2) is 8.66. The van der Waals surface area contributed by atoms with Crippen molar-refractivity contribution in [3.05, 3.63) is 52.6 Å². The molecule has 1 atom stereocenters. The SMILES string of the molecule is CCn1nc(C(=O)N2CCSCC2)c2c1CC[C@H](NCc1cccc(F)c1)C2. The summed E-state index contributed by atoms with van der Waals surface area (Å²) >= 11 is 1.90. The van der Waals surface area contributed by atoms with Crippen LogP contribution in [0.1, 0.15) is 40.7 Å². The number of amides is 1. The Kier molecular flexibility index (Phi) is 6.01. The van der Waals surface area contributed by atoms with E-state index in [1.165, 1.54) is 11.8 Å². The number of benzene rings is 1. The number of carbonyl (C=O) groups is 1. The number of hydrogen-bond donors (Lipinski definition) is 1. The summed E-state index contributed by atoms with van der Waals surface area (Å²) in [6.07, 6.45) is 2.72. The normalized spacial score (nSPS) is 19.5. The van der Waals surface area contributed by atoms with Crippen molar-refractivity contribution in [3.8, 4) is 0 Å². The molecule has 0 spiro atoms. The molecule has 1 fully saturated rings. The average molecular weight is 403 g/mol. The van der Waals surface area contributed by atoms with Crippen LogP contribution in [0.5, 0.6) is 0 Å². The molecule has 2 aromatic rings. The van der Waals surface area contributed by atoms with Gasteiger partial charge in [0.25, 0.3) is 5.91 Å². The molecule has 1 amide bonds. The van der Waals surface area contributed by atoms with Gasteiger partial charge in [0, 0.05) is 55.0 Å². The molecule has 150 valence electrons. The number of nitrogens with zero attached hydrogens (tertiary/aromatic N) is 3. The predicted molar refractivity (Wildman–Crippen MR) is 110 cm³/mol. The van der Waals surface area contributed by atoms with Crippen molar-refractivity contribution in [2.45, 2.75) is 45.3 Å². The standard InChI is InChI=1S/C21H27FN4OS/c1-2-26-19-7-6-17(23-14-15-4-3-5-16(22)12-15)13-18(19)20(24-26)21(27)25-8-10-28-11-9-25/h3-5,12,17,23H,2,6-11,13-14H2,1H3/t17-/m0/s1. The maximum Gasteiger partial charge on any atom is 0.274 e. The maximum atomic E-state index is 13.4. The Morgan fingerprint density at radius 3 is 2.93 bits per heavy atom. The van der Waals surface area contributed by atoms with Crippen LogP contribution in [0.25, 0.3) is 0 Å². The fourth-order valence-electron chi connectivity index (χ4n) is 4.12. The zero-order valence-electron chi connectivity index (χ0n) is 16.3. The molecule has 0 unspecified atom stereocenters.